The van der Waals surface area contributed by atoms with Crippen LogP contribution in [0.5, 0.6) is 11.5 Å². The summed E-state index contributed by atoms with van der Waals surface area (Å²) in [4.78, 5) is 29.6. The largest absolute Gasteiger partial charge is 0.493 e. The third kappa shape index (κ3) is 5.00. The van der Waals surface area contributed by atoms with Gasteiger partial charge in [-0.05, 0) is 47.0 Å². The van der Waals surface area contributed by atoms with Crippen LogP contribution in [0.4, 0.5) is 0 Å². The van der Waals surface area contributed by atoms with Gasteiger partial charge in [0.1, 0.15) is 6.61 Å². The molecule has 1 atom stereocenters. The molecule has 0 radical (unpaired) electrons. The molecule has 3 aromatic carbocycles. The average Bonchev–Trinajstić information content (AvgIpc) is 3.29. The number of halogens is 1. The van der Waals surface area contributed by atoms with Crippen LogP contribution in [0.15, 0.2) is 72.9 Å². The summed E-state index contributed by atoms with van der Waals surface area (Å²) in [5, 5.41) is 1.54. The fourth-order valence-corrected chi connectivity index (χ4v) is 4.77. The Balaban J connectivity index is 1.54. The summed E-state index contributed by atoms with van der Waals surface area (Å²) in [5.74, 6) is -3.50. The van der Waals surface area contributed by atoms with Crippen molar-refractivity contribution in [3.05, 3.63) is 94.6 Å². The van der Waals surface area contributed by atoms with Gasteiger partial charge in [-0.2, -0.15) is 0 Å². The lowest BCUT2D eigenvalue weighted by molar-refractivity contribution is -0.240. The molecule has 8 heteroatoms. The summed E-state index contributed by atoms with van der Waals surface area (Å²) in [6, 6.07) is 20.5. The molecule has 4 aromatic rings. The number of fused-ring (bicyclic) bond motifs is 1. The number of aromatic nitrogens is 1. The van der Waals surface area contributed by atoms with Crippen LogP contribution >= 0.6 is 11.6 Å². The minimum absolute atomic E-state index is 0.315. The highest BCUT2D eigenvalue weighted by atomic mass is 35.5. The van der Waals surface area contributed by atoms with Crippen molar-refractivity contribution in [3.63, 3.8) is 0 Å². The number of rotatable bonds is 7. The van der Waals surface area contributed by atoms with Gasteiger partial charge >= 0.3 is 11.9 Å². The summed E-state index contributed by atoms with van der Waals surface area (Å²) >= 11 is 5.97. The van der Waals surface area contributed by atoms with Crippen molar-refractivity contribution in [1.29, 1.82) is 0 Å². The van der Waals surface area contributed by atoms with E-state index in [1.807, 2.05) is 48.7 Å². The summed E-state index contributed by atoms with van der Waals surface area (Å²) in [7, 11) is 1.54. The molecule has 0 spiro atoms. The molecule has 1 aliphatic rings. The van der Waals surface area contributed by atoms with Crippen LogP contribution in [0, 0.1) is 5.92 Å². The van der Waals surface area contributed by atoms with E-state index >= 15 is 0 Å². The normalized spacial score (nSPS) is 16.2. The minimum Gasteiger partial charge on any atom is -0.493 e. The lowest BCUT2D eigenvalue weighted by atomic mass is 9.80. The Bertz CT molecular complexity index is 1440. The van der Waals surface area contributed by atoms with Crippen molar-refractivity contribution in [2.24, 2.45) is 5.92 Å². The van der Waals surface area contributed by atoms with Gasteiger partial charge in [0, 0.05) is 41.9 Å². The number of aromatic amines is 1. The smallest absolute Gasteiger partial charge is 0.324 e. The highest BCUT2D eigenvalue weighted by Gasteiger charge is 2.48. The first kappa shape index (κ1) is 24.7. The number of carbonyl (C=O) groups excluding carboxylic acids is 2. The highest BCUT2D eigenvalue weighted by molar-refractivity contribution is 6.30. The monoisotopic (exact) mass is 519 g/mol. The Morgan fingerprint density at radius 2 is 1.68 bits per heavy atom. The van der Waals surface area contributed by atoms with Crippen LogP contribution < -0.4 is 9.47 Å². The molecule has 0 bridgehead atoms. The SMILES string of the molecule is COc1cc([C@@H](c2c[nH]c3ccccc23)C2C(=O)OC(C)(C)OC2=O)ccc1OCc1ccc(Cl)cc1. The number of ether oxygens (including phenoxy) is 4. The van der Waals surface area contributed by atoms with Crippen molar-refractivity contribution < 1.29 is 28.5 Å². The number of H-pyrrole nitrogens is 1. The van der Waals surface area contributed by atoms with Crippen LogP contribution in [-0.2, 0) is 25.7 Å². The first-order chi connectivity index (χ1) is 17.8. The van der Waals surface area contributed by atoms with Crippen LogP contribution in [0.3, 0.4) is 0 Å². The zero-order valence-corrected chi connectivity index (χ0v) is 21.4. The maximum absolute atomic E-state index is 13.2. The van der Waals surface area contributed by atoms with E-state index in [2.05, 4.69) is 4.98 Å². The van der Waals surface area contributed by atoms with Gasteiger partial charge in [0.2, 0.25) is 0 Å². The molecule has 0 saturated carbocycles. The van der Waals surface area contributed by atoms with E-state index in [1.54, 1.807) is 31.4 Å². The molecular weight excluding hydrogens is 494 g/mol. The topological polar surface area (TPSA) is 86.9 Å². The van der Waals surface area contributed by atoms with E-state index in [1.165, 1.54) is 13.8 Å². The van der Waals surface area contributed by atoms with Gasteiger partial charge in [0.05, 0.1) is 7.11 Å². The molecule has 0 amide bonds. The molecular formula is C29H26ClNO6. The minimum atomic E-state index is -1.33. The van der Waals surface area contributed by atoms with Crippen molar-refractivity contribution in [3.8, 4) is 11.5 Å². The fraction of sp³-hybridized carbons (Fsp3) is 0.241. The second-order valence-corrected chi connectivity index (χ2v) is 9.75. The molecule has 1 saturated heterocycles. The second kappa shape index (κ2) is 9.82. The first-order valence-electron chi connectivity index (χ1n) is 11.8. The maximum atomic E-state index is 13.2. The number of carbonyl (C=O) groups is 2. The van der Waals surface area contributed by atoms with Crippen LogP contribution in [-0.4, -0.2) is 29.8 Å². The third-order valence-corrected chi connectivity index (χ3v) is 6.60. The molecule has 1 aliphatic heterocycles. The zero-order valence-electron chi connectivity index (χ0n) is 20.6. The van der Waals surface area contributed by atoms with Crippen molar-refractivity contribution in [1.82, 2.24) is 4.98 Å². The number of cyclic esters (lactones) is 2. The molecule has 5 rings (SSSR count). The molecule has 0 unspecified atom stereocenters. The van der Waals surface area contributed by atoms with Crippen molar-refractivity contribution >= 4 is 34.4 Å². The Hall–Kier alpha value is -3.97. The number of nitrogens with one attached hydrogen (secondary N) is 1. The van der Waals surface area contributed by atoms with Gasteiger partial charge in [-0.3, -0.25) is 9.59 Å². The first-order valence-corrected chi connectivity index (χ1v) is 12.2. The summed E-state index contributed by atoms with van der Waals surface area (Å²) < 4.78 is 22.6. The van der Waals surface area contributed by atoms with E-state index < -0.39 is 29.6 Å². The molecule has 1 aromatic heterocycles. The predicted molar refractivity (Wildman–Crippen MR) is 139 cm³/mol. The molecule has 1 N–H and O–H groups in total. The fourth-order valence-electron chi connectivity index (χ4n) is 4.64. The molecule has 0 aliphatic carbocycles. The van der Waals surface area contributed by atoms with Gasteiger partial charge in [-0.15, -0.1) is 0 Å². The van der Waals surface area contributed by atoms with E-state index in [0.29, 0.717) is 28.7 Å². The van der Waals surface area contributed by atoms with E-state index in [4.69, 9.17) is 30.5 Å². The Morgan fingerprint density at radius 1 is 0.973 bits per heavy atom. The number of methoxy groups -OCH3 is 1. The number of hydrogen-bond acceptors (Lipinski definition) is 6. The van der Waals surface area contributed by atoms with E-state index in [-0.39, 0.29) is 0 Å². The summed E-state index contributed by atoms with van der Waals surface area (Å²) in [6.45, 7) is 3.39. The standard InChI is InChI=1S/C29H26ClNO6/c1-29(2)36-27(32)26(28(33)37-29)25(21-15-31-22-7-5-4-6-20(21)22)18-10-13-23(24(14-18)34-3)35-16-17-8-11-19(30)12-9-17/h4-15,25-26,31H,16H2,1-3H3/t25-/m0/s1. The Morgan fingerprint density at radius 3 is 2.38 bits per heavy atom. The highest BCUT2D eigenvalue weighted by Crippen LogP contribution is 2.43. The molecule has 7 nitrogen and oxygen atoms in total. The van der Waals surface area contributed by atoms with Crippen LogP contribution in [0.25, 0.3) is 10.9 Å². The van der Waals surface area contributed by atoms with E-state index in [9.17, 15) is 9.59 Å². The lowest BCUT2D eigenvalue weighted by Gasteiger charge is -2.36. The predicted octanol–water partition coefficient (Wildman–Crippen LogP) is 5.99. The van der Waals surface area contributed by atoms with Gasteiger partial charge in [-0.25, -0.2) is 0 Å². The maximum Gasteiger partial charge on any atom is 0.324 e. The van der Waals surface area contributed by atoms with E-state index in [0.717, 1.165) is 22.0 Å². The Kier molecular flexibility index (Phi) is 6.56. The van der Waals surface area contributed by atoms with Crippen LogP contribution in [0.1, 0.15) is 36.5 Å². The zero-order chi connectivity index (χ0) is 26.2. The van der Waals surface area contributed by atoms with Crippen molar-refractivity contribution in [2.45, 2.75) is 32.2 Å². The van der Waals surface area contributed by atoms with Crippen LogP contribution in [0.2, 0.25) is 5.02 Å². The molecule has 190 valence electrons. The number of para-hydroxylation sites is 1. The number of esters is 2. The van der Waals surface area contributed by atoms with Gasteiger partial charge in [-0.1, -0.05) is 48.0 Å². The lowest BCUT2D eigenvalue weighted by Crippen LogP contribution is -2.48. The second-order valence-electron chi connectivity index (χ2n) is 9.31. The van der Waals surface area contributed by atoms with Crippen molar-refractivity contribution in [2.75, 3.05) is 7.11 Å². The van der Waals surface area contributed by atoms with Gasteiger partial charge in [0.15, 0.2) is 17.4 Å². The third-order valence-electron chi connectivity index (χ3n) is 6.34. The Labute approximate surface area is 219 Å². The number of benzene rings is 3. The van der Waals surface area contributed by atoms with Gasteiger partial charge in [0.25, 0.3) is 5.79 Å². The average molecular weight is 520 g/mol. The summed E-state index contributed by atoms with van der Waals surface area (Å²) in [5.41, 5.74) is 3.28. The summed E-state index contributed by atoms with van der Waals surface area (Å²) in [6.07, 6.45) is 1.81. The number of hydrogen-bond donors (Lipinski definition) is 1. The molecule has 2 heterocycles. The quantitative estimate of drug-likeness (QED) is 0.238. The molecule has 1 fully saturated rings. The molecule has 37 heavy (non-hydrogen) atoms. The van der Waals surface area contributed by atoms with Gasteiger partial charge < -0.3 is 23.9 Å².